The molecule has 3 aliphatic rings. The molecule has 3 heterocycles. The lowest BCUT2D eigenvalue weighted by Crippen LogP contribution is -2.51. The van der Waals surface area contributed by atoms with Crippen molar-refractivity contribution in [2.75, 3.05) is 39.5 Å². The van der Waals surface area contributed by atoms with Crippen LogP contribution in [0.5, 0.6) is 5.75 Å². The van der Waals surface area contributed by atoms with Gasteiger partial charge in [0.2, 0.25) is 0 Å². The lowest BCUT2D eigenvalue weighted by Gasteiger charge is -2.34. The van der Waals surface area contributed by atoms with E-state index in [1.807, 2.05) is 18.2 Å². The molecule has 0 aromatic heterocycles. The van der Waals surface area contributed by atoms with Crippen molar-refractivity contribution in [3.63, 3.8) is 0 Å². The zero-order valence-electron chi connectivity index (χ0n) is 13.0. The van der Waals surface area contributed by atoms with Crippen molar-refractivity contribution in [2.24, 2.45) is 0 Å². The standard InChI is InChI=1S/C17H20BNO4/c1-2-4-15-11-16(6-5-14(15)3-1)20-13-17-12-19-7-9-21-18(23-17)22-10-8-19/h1-6,11,17H,7-10,12-13H2. The van der Waals surface area contributed by atoms with Gasteiger partial charge in [0.05, 0.1) is 6.10 Å². The summed E-state index contributed by atoms with van der Waals surface area (Å²) in [5, 5.41) is 2.39. The van der Waals surface area contributed by atoms with Crippen molar-refractivity contribution in [3.05, 3.63) is 42.5 Å². The van der Waals surface area contributed by atoms with Crippen LogP contribution in [0.25, 0.3) is 10.8 Å². The molecule has 3 saturated heterocycles. The van der Waals surface area contributed by atoms with Crippen LogP contribution in [-0.4, -0.2) is 57.8 Å². The van der Waals surface area contributed by atoms with Gasteiger partial charge in [-0.3, -0.25) is 4.90 Å². The molecule has 0 saturated carbocycles. The van der Waals surface area contributed by atoms with Crippen LogP contribution in [0.4, 0.5) is 0 Å². The minimum atomic E-state index is -0.567. The lowest BCUT2D eigenvalue weighted by atomic mass is 10.1. The van der Waals surface area contributed by atoms with Gasteiger partial charge in [0.1, 0.15) is 12.4 Å². The average Bonchev–Trinajstić information content (AvgIpc) is 2.52. The fourth-order valence-electron chi connectivity index (χ4n) is 3.00. The van der Waals surface area contributed by atoms with Crippen molar-refractivity contribution in [2.45, 2.75) is 6.10 Å². The molecule has 1 atom stereocenters. The van der Waals surface area contributed by atoms with E-state index in [2.05, 4.69) is 29.2 Å². The van der Waals surface area contributed by atoms with Gasteiger partial charge in [-0.05, 0) is 22.9 Å². The predicted molar refractivity (Wildman–Crippen MR) is 88.4 cm³/mol. The lowest BCUT2D eigenvalue weighted by molar-refractivity contribution is -0.0321. The normalized spacial score (nSPS) is 25.0. The summed E-state index contributed by atoms with van der Waals surface area (Å²) >= 11 is 0. The zero-order valence-corrected chi connectivity index (χ0v) is 13.0. The quantitative estimate of drug-likeness (QED) is 0.810. The van der Waals surface area contributed by atoms with E-state index in [9.17, 15) is 0 Å². The third-order valence-corrected chi connectivity index (χ3v) is 4.25. The first-order valence-electron chi connectivity index (χ1n) is 8.09. The fourth-order valence-corrected chi connectivity index (χ4v) is 3.00. The summed E-state index contributed by atoms with van der Waals surface area (Å²) in [7, 11) is -0.567. The maximum absolute atomic E-state index is 5.95. The molecule has 2 aromatic rings. The van der Waals surface area contributed by atoms with Crippen molar-refractivity contribution in [1.82, 2.24) is 4.90 Å². The summed E-state index contributed by atoms with van der Waals surface area (Å²) in [5.74, 6) is 0.858. The molecule has 1 unspecified atom stereocenters. The Morgan fingerprint density at radius 3 is 2.65 bits per heavy atom. The first kappa shape index (κ1) is 15.0. The average molecular weight is 313 g/mol. The molecule has 0 radical (unpaired) electrons. The van der Waals surface area contributed by atoms with Crippen molar-refractivity contribution < 1.29 is 18.7 Å². The Labute approximate surface area is 136 Å². The van der Waals surface area contributed by atoms with Crippen molar-refractivity contribution >= 4 is 18.1 Å². The van der Waals surface area contributed by atoms with E-state index in [1.54, 1.807) is 0 Å². The van der Waals surface area contributed by atoms with Gasteiger partial charge in [0, 0.05) is 32.8 Å². The minimum absolute atomic E-state index is 0.0629. The maximum Gasteiger partial charge on any atom is 0.639 e. The largest absolute Gasteiger partial charge is 0.639 e. The third kappa shape index (κ3) is 3.67. The summed E-state index contributed by atoms with van der Waals surface area (Å²) in [4.78, 5) is 2.30. The van der Waals surface area contributed by atoms with Crippen LogP contribution in [0.2, 0.25) is 0 Å². The molecule has 5 rings (SSSR count). The fraction of sp³-hybridized carbons (Fsp3) is 0.412. The van der Waals surface area contributed by atoms with E-state index in [0.29, 0.717) is 19.8 Å². The smallest absolute Gasteiger partial charge is 0.491 e. The van der Waals surface area contributed by atoms with E-state index in [1.165, 1.54) is 10.8 Å². The van der Waals surface area contributed by atoms with Gasteiger partial charge in [-0.15, -0.1) is 0 Å². The van der Waals surface area contributed by atoms with Gasteiger partial charge in [-0.2, -0.15) is 0 Å². The Balaban J connectivity index is 1.42. The van der Waals surface area contributed by atoms with Gasteiger partial charge in [0.15, 0.2) is 0 Å². The molecule has 3 aliphatic heterocycles. The topological polar surface area (TPSA) is 40.2 Å². The number of ether oxygens (including phenoxy) is 1. The van der Waals surface area contributed by atoms with Crippen LogP contribution in [0.15, 0.2) is 42.5 Å². The Hall–Kier alpha value is -1.60. The highest BCUT2D eigenvalue weighted by Crippen LogP contribution is 2.21. The van der Waals surface area contributed by atoms with Crippen LogP contribution in [0.1, 0.15) is 0 Å². The summed E-state index contributed by atoms with van der Waals surface area (Å²) in [6, 6.07) is 14.4. The summed E-state index contributed by atoms with van der Waals surface area (Å²) in [6.07, 6.45) is -0.0629. The minimum Gasteiger partial charge on any atom is -0.491 e. The first-order valence-corrected chi connectivity index (χ1v) is 8.09. The predicted octanol–water partition coefficient (Wildman–Crippen LogP) is 1.95. The van der Waals surface area contributed by atoms with Crippen molar-refractivity contribution in [3.8, 4) is 5.75 Å². The number of benzene rings is 2. The van der Waals surface area contributed by atoms with E-state index in [0.717, 1.165) is 25.4 Å². The Morgan fingerprint density at radius 1 is 1.04 bits per heavy atom. The second kappa shape index (κ2) is 6.89. The van der Waals surface area contributed by atoms with E-state index < -0.39 is 7.32 Å². The zero-order chi connectivity index (χ0) is 15.5. The molecule has 23 heavy (non-hydrogen) atoms. The summed E-state index contributed by atoms with van der Waals surface area (Å²) in [5.41, 5.74) is 0. The monoisotopic (exact) mass is 313 g/mol. The SMILES string of the molecule is c1ccc2cc(OCC3CN4CCOB(OCC4)O3)ccc2c1. The molecular formula is C17H20BNO4. The molecular weight excluding hydrogens is 293 g/mol. The van der Waals surface area contributed by atoms with Gasteiger partial charge in [-0.25, -0.2) is 0 Å². The van der Waals surface area contributed by atoms with Crippen LogP contribution in [-0.2, 0) is 14.0 Å². The van der Waals surface area contributed by atoms with Crippen molar-refractivity contribution in [1.29, 1.82) is 0 Å². The summed E-state index contributed by atoms with van der Waals surface area (Å²) < 4.78 is 22.9. The van der Waals surface area contributed by atoms with E-state index in [4.69, 9.17) is 18.7 Å². The van der Waals surface area contributed by atoms with E-state index >= 15 is 0 Å². The Morgan fingerprint density at radius 2 is 1.83 bits per heavy atom. The van der Waals surface area contributed by atoms with Gasteiger partial charge in [0.25, 0.3) is 0 Å². The second-order valence-electron chi connectivity index (χ2n) is 5.91. The maximum atomic E-state index is 5.95. The number of nitrogens with zero attached hydrogens (tertiary/aromatic N) is 1. The van der Waals surface area contributed by atoms with Gasteiger partial charge < -0.3 is 18.7 Å². The van der Waals surface area contributed by atoms with Gasteiger partial charge in [-0.1, -0.05) is 30.3 Å². The van der Waals surface area contributed by atoms with Crippen LogP contribution in [0, 0.1) is 0 Å². The van der Waals surface area contributed by atoms with Crippen LogP contribution in [0.3, 0.4) is 0 Å². The van der Waals surface area contributed by atoms with Crippen LogP contribution >= 0.6 is 0 Å². The van der Waals surface area contributed by atoms with E-state index in [-0.39, 0.29) is 6.10 Å². The molecule has 6 heteroatoms. The molecule has 3 fully saturated rings. The Kier molecular flexibility index (Phi) is 4.48. The molecule has 0 N–H and O–H groups in total. The highest BCUT2D eigenvalue weighted by atomic mass is 16.7. The highest BCUT2D eigenvalue weighted by Gasteiger charge is 2.32. The number of fused-ring (bicyclic) bond motifs is 7. The second-order valence-corrected chi connectivity index (χ2v) is 5.91. The molecule has 120 valence electrons. The number of hydrogen-bond acceptors (Lipinski definition) is 5. The Bertz CT molecular complexity index is 644. The first-order chi connectivity index (χ1) is 11.4. The van der Waals surface area contributed by atoms with Gasteiger partial charge >= 0.3 is 7.32 Å². The third-order valence-electron chi connectivity index (χ3n) is 4.25. The van der Waals surface area contributed by atoms with Crippen LogP contribution < -0.4 is 4.74 Å². The molecule has 0 aliphatic carbocycles. The molecule has 2 bridgehead atoms. The number of rotatable bonds is 3. The molecule has 5 nitrogen and oxygen atoms in total. The highest BCUT2D eigenvalue weighted by molar-refractivity contribution is 6.36. The molecule has 2 aromatic carbocycles. The summed E-state index contributed by atoms with van der Waals surface area (Å²) in [6.45, 7) is 4.44. The molecule has 0 amide bonds. The molecule has 0 spiro atoms. The number of hydrogen-bond donors (Lipinski definition) is 0.